The average Bonchev–Trinajstić information content (AvgIpc) is 2.66. The molecule has 132 valence electrons. The van der Waals surface area contributed by atoms with Crippen LogP contribution in [0.1, 0.15) is 36.0 Å². The van der Waals surface area contributed by atoms with Crippen molar-refractivity contribution in [2.75, 3.05) is 57.4 Å². The smallest absolute Gasteiger partial charge is 0.255 e. The second-order valence-electron chi connectivity index (χ2n) is 6.49. The molecule has 3 heterocycles. The monoisotopic (exact) mass is 332 g/mol. The van der Waals surface area contributed by atoms with Gasteiger partial charge >= 0.3 is 0 Å². The number of aromatic nitrogens is 1. The number of likely N-dealkylation sites (tertiary alicyclic amines) is 1. The average molecular weight is 332 g/mol. The number of hydrogen-bond donors (Lipinski definition) is 1. The Morgan fingerprint density at radius 3 is 2.75 bits per heavy atom. The van der Waals surface area contributed by atoms with E-state index < -0.39 is 0 Å². The second-order valence-corrected chi connectivity index (χ2v) is 6.49. The second kappa shape index (κ2) is 8.99. The minimum absolute atomic E-state index is 0.0248. The molecule has 6 heteroatoms. The number of carbonyl (C=O) groups excluding carboxylic acids is 1. The third-order valence-corrected chi connectivity index (χ3v) is 4.73. The maximum atomic E-state index is 12.5. The molecule has 0 bridgehead atoms. The van der Waals surface area contributed by atoms with Crippen LogP contribution in [-0.4, -0.2) is 68.3 Å². The number of carbonyl (C=O) groups is 1. The fraction of sp³-hybridized carbons (Fsp3) is 0.667. The number of hydrogen-bond acceptors (Lipinski definition) is 5. The molecule has 0 atom stereocenters. The number of ether oxygens (including phenoxy) is 1. The van der Waals surface area contributed by atoms with Crippen LogP contribution in [0.15, 0.2) is 18.3 Å². The summed E-state index contributed by atoms with van der Waals surface area (Å²) in [6.45, 7) is 7.14. The molecule has 2 fully saturated rings. The number of piperidine rings is 1. The topological polar surface area (TPSA) is 57.7 Å². The van der Waals surface area contributed by atoms with E-state index >= 15 is 0 Å². The van der Waals surface area contributed by atoms with Gasteiger partial charge in [0.25, 0.3) is 5.91 Å². The van der Waals surface area contributed by atoms with E-state index in [-0.39, 0.29) is 5.91 Å². The van der Waals surface area contributed by atoms with E-state index in [4.69, 9.17) is 4.74 Å². The Labute approximate surface area is 144 Å². The Bertz CT molecular complexity index is 526. The normalized spacial score (nSPS) is 19.2. The summed E-state index contributed by atoms with van der Waals surface area (Å²) in [6, 6.07) is 3.68. The third kappa shape index (κ3) is 4.68. The van der Waals surface area contributed by atoms with Crippen LogP contribution in [0, 0.1) is 0 Å². The summed E-state index contributed by atoms with van der Waals surface area (Å²) in [5.41, 5.74) is 0.664. The van der Waals surface area contributed by atoms with E-state index in [2.05, 4.69) is 20.1 Å². The summed E-state index contributed by atoms with van der Waals surface area (Å²) >= 11 is 0. The molecule has 2 aliphatic heterocycles. The van der Waals surface area contributed by atoms with Crippen molar-refractivity contribution in [1.29, 1.82) is 0 Å². The van der Waals surface area contributed by atoms with Gasteiger partial charge in [-0.25, -0.2) is 4.98 Å². The first kappa shape index (κ1) is 17.2. The van der Waals surface area contributed by atoms with Crippen LogP contribution < -0.4 is 10.2 Å². The highest BCUT2D eigenvalue weighted by Gasteiger charge is 2.19. The first-order valence-electron chi connectivity index (χ1n) is 9.13. The fourth-order valence-corrected chi connectivity index (χ4v) is 3.38. The quantitative estimate of drug-likeness (QED) is 0.801. The van der Waals surface area contributed by atoms with Crippen LogP contribution in [0.3, 0.4) is 0 Å². The van der Waals surface area contributed by atoms with Gasteiger partial charge in [0.2, 0.25) is 0 Å². The highest BCUT2D eigenvalue weighted by Crippen LogP contribution is 2.18. The van der Waals surface area contributed by atoms with Gasteiger partial charge in [0.1, 0.15) is 5.82 Å². The number of amides is 1. The maximum absolute atomic E-state index is 12.5. The van der Waals surface area contributed by atoms with Crippen molar-refractivity contribution in [3.63, 3.8) is 0 Å². The minimum Gasteiger partial charge on any atom is -0.378 e. The Kier molecular flexibility index (Phi) is 6.43. The van der Waals surface area contributed by atoms with Crippen molar-refractivity contribution in [2.45, 2.75) is 25.7 Å². The summed E-state index contributed by atoms with van der Waals surface area (Å²) in [6.07, 6.45) is 6.73. The Hall–Kier alpha value is -1.66. The first-order chi connectivity index (χ1) is 11.8. The molecule has 0 unspecified atom stereocenters. The van der Waals surface area contributed by atoms with Crippen LogP contribution in [0.5, 0.6) is 0 Å². The fourth-order valence-electron chi connectivity index (χ4n) is 3.38. The standard InChI is InChI=1S/C18H28N4O2/c23-18(20-8-5-11-21-9-2-1-3-10-21)16-6-4-7-19-17(16)22-12-14-24-15-13-22/h4,6-7H,1-3,5,8-15H2,(H,20,23). The summed E-state index contributed by atoms with van der Waals surface area (Å²) in [5.74, 6) is 0.748. The maximum Gasteiger partial charge on any atom is 0.255 e. The molecule has 2 saturated heterocycles. The molecule has 3 rings (SSSR count). The molecule has 1 aromatic rings. The SMILES string of the molecule is O=C(NCCCN1CCCCC1)c1cccnc1N1CCOCC1. The third-order valence-electron chi connectivity index (χ3n) is 4.73. The van der Waals surface area contributed by atoms with E-state index in [1.54, 1.807) is 6.20 Å². The molecule has 0 spiro atoms. The Balaban J connectivity index is 1.49. The van der Waals surface area contributed by atoms with Gasteiger partial charge in [0.05, 0.1) is 18.8 Å². The summed E-state index contributed by atoms with van der Waals surface area (Å²) in [7, 11) is 0. The van der Waals surface area contributed by atoms with Gasteiger partial charge in [-0.15, -0.1) is 0 Å². The summed E-state index contributed by atoms with van der Waals surface area (Å²) in [4.78, 5) is 21.6. The van der Waals surface area contributed by atoms with E-state index in [1.165, 1.54) is 32.4 Å². The first-order valence-corrected chi connectivity index (χ1v) is 9.13. The van der Waals surface area contributed by atoms with Gasteiger partial charge in [-0.1, -0.05) is 6.42 Å². The minimum atomic E-state index is -0.0248. The van der Waals surface area contributed by atoms with Gasteiger partial charge in [-0.3, -0.25) is 4.79 Å². The number of nitrogens with one attached hydrogen (secondary N) is 1. The molecule has 0 aliphatic carbocycles. The lowest BCUT2D eigenvalue weighted by molar-refractivity contribution is 0.0949. The Morgan fingerprint density at radius 1 is 1.17 bits per heavy atom. The van der Waals surface area contributed by atoms with Crippen LogP contribution in [0.2, 0.25) is 0 Å². The predicted octanol–water partition coefficient (Wildman–Crippen LogP) is 1.52. The van der Waals surface area contributed by atoms with E-state index in [9.17, 15) is 4.79 Å². The molecule has 0 saturated carbocycles. The Morgan fingerprint density at radius 2 is 1.96 bits per heavy atom. The molecule has 0 aromatic carbocycles. The van der Waals surface area contributed by atoms with Crippen molar-refractivity contribution in [3.05, 3.63) is 23.9 Å². The van der Waals surface area contributed by atoms with E-state index in [0.29, 0.717) is 25.3 Å². The largest absolute Gasteiger partial charge is 0.378 e. The molecular formula is C18H28N4O2. The molecule has 0 radical (unpaired) electrons. The summed E-state index contributed by atoms with van der Waals surface area (Å²) in [5, 5.41) is 3.05. The van der Waals surface area contributed by atoms with Crippen molar-refractivity contribution in [3.8, 4) is 0 Å². The van der Waals surface area contributed by atoms with Crippen molar-refractivity contribution >= 4 is 11.7 Å². The van der Waals surface area contributed by atoms with Gasteiger partial charge < -0.3 is 19.9 Å². The zero-order valence-corrected chi connectivity index (χ0v) is 14.4. The molecule has 24 heavy (non-hydrogen) atoms. The van der Waals surface area contributed by atoms with E-state index in [1.807, 2.05) is 12.1 Å². The van der Waals surface area contributed by atoms with Crippen molar-refractivity contribution in [1.82, 2.24) is 15.2 Å². The van der Waals surface area contributed by atoms with Crippen LogP contribution in [0.25, 0.3) is 0 Å². The molecule has 1 N–H and O–H groups in total. The number of nitrogens with zero attached hydrogens (tertiary/aromatic N) is 3. The lowest BCUT2D eigenvalue weighted by Crippen LogP contribution is -2.38. The number of pyridine rings is 1. The van der Waals surface area contributed by atoms with Gasteiger partial charge in [-0.2, -0.15) is 0 Å². The highest BCUT2D eigenvalue weighted by atomic mass is 16.5. The van der Waals surface area contributed by atoms with Gasteiger partial charge in [-0.05, 0) is 51.0 Å². The van der Waals surface area contributed by atoms with Crippen LogP contribution >= 0.6 is 0 Å². The molecule has 1 aromatic heterocycles. The molecular weight excluding hydrogens is 304 g/mol. The molecule has 6 nitrogen and oxygen atoms in total. The van der Waals surface area contributed by atoms with Crippen molar-refractivity contribution < 1.29 is 9.53 Å². The van der Waals surface area contributed by atoms with Crippen LogP contribution in [-0.2, 0) is 4.74 Å². The summed E-state index contributed by atoms with van der Waals surface area (Å²) < 4.78 is 5.38. The van der Waals surface area contributed by atoms with Gasteiger partial charge in [0, 0.05) is 25.8 Å². The number of rotatable bonds is 6. The van der Waals surface area contributed by atoms with Gasteiger partial charge in [0.15, 0.2) is 0 Å². The lowest BCUT2D eigenvalue weighted by atomic mass is 10.1. The molecule has 2 aliphatic rings. The molecule has 1 amide bonds. The predicted molar refractivity (Wildman–Crippen MR) is 94.5 cm³/mol. The van der Waals surface area contributed by atoms with E-state index in [0.717, 1.165) is 31.9 Å². The zero-order valence-electron chi connectivity index (χ0n) is 14.4. The van der Waals surface area contributed by atoms with Crippen molar-refractivity contribution in [2.24, 2.45) is 0 Å². The van der Waals surface area contributed by atoms with Crippen LogP contribution in [0.4, 0.5) is 5.82 Å². The zero-order chi connectivity index (χ0) is 16.6. The highest BCUT2D eigenvalue weighted by molar-refractivity contribution is 5.98. The lowest BCUT2D eigenvalue weighted by Gasteiger charge is -2.29. The number of anilines is 1. The number of morpholine rings is 1.